The molecule has 5 heteroatoms. The van der Waals surface area contributed by atoms with Crippen LogP contribution in [0.4, 0.5) is 4.79 Å². The molecule has 0 radical (unpaired) electrons. The van der Waals surface area contributed by atoms with E-state index in [1.165, 1.54) is 0 Å². The maximum Gasteiger partial charge on any atom is 0.407 e. The van der Waals surface area contributed by atoms with E-state index in [-0.39, 0.29) is 6.54 Å². The zero-order chi connectivity index (χ0) is 8.59. The van der Waals surface area contributed by atoms with Gasteiger partial charge in [0.05, 0.1) is 18.7 Å². The molecule has 1 amide bonds. The fourth-order valence-electron chi connectivity index (χ4n) is 1.23. The summed E-state index contributed by atoms with van der Waals surface area (Å²) in [6, 6.07) is -0.512. The number of aliphatic hydroxyl groups is 2. The monoisotopic (exact) mass is 161 g/mol. The number of aliphatic hydroxyl groups excluding tert-OH is 2. The molecule has 0 saturated carbocycles. The van der Waals surface area contributed by atoms with Gasteiger partial charge in [0, 0.05) is 0 Å². The van der Waals surface area contributed by atoms with E-state index in [0.717, 1.165) is 4.90 Å². The average Bonchev–Trinajstić information content (AvgIpc) is 2.17. The van der Waals surface area contributed by atoms with Gasteiger partial charge in [-0.3, -0.25) is 0 Å². The Hall–Kier alpha value is -0.810. The summed E-state index contributed by atoms with van der Waals surface area (Å²) in [5, 5.41) is 26.7. The van der Waals surface area contributed by atoms with Crippen molar-refractivity contribution in [1.82, 2.24) is 4.90 Å². The Labute approximate surface area is 63.9 Å². The third kappa shape index (κ3) is 1.29. The van der Waals surface area contributed by atoms with Crippen LogP contribution in [0.2, 0.25) is 0 Å². The second-order valence-electron chi connectivity index (χ2n) is 2.73. The summed E-state index contributed by atoms with van der Waals surface area (Å²) in [7, 11) is 0. The van der Waals surface area contributed by atoms with Crippen molar-refractivity contribution in [2.24, 2.45) is 0 Å². The molecule has 0 bridgehead atoms. The highest BCUT2D eigenvalue weighted by atomic mass is 16.4. The summed E-state index contributed by atoms with van der Waals surface area (Å²) in [6.07, 6.45) is -3.00. The minimum atomic E-state index is -1.10. The van der Waals surface area contributed by atoms with Gasteiger partial charge in [-0.15, -0.1) is 0 Å². The van der Waals surface area contributed by atoms with E-state index < -0.39 is 24.3 Å². The number of nitrogens with zero attached hydrogens (tertiary/aromatic N) is 1. The molecule has 64 valence electrons. The Morgan fingerprint density at radius 1 is 1.55 bits per heavy atom. The van der Waals surface area contributed by atoms with Gasteiger partial charge in [-0.2, -0.15) is 0 Å². The van der Waals surface area contributed by atoms with Gasteiger partial charge in [0.2, 0.25) is 0 Å². The molecule has 1 aliphatic heterocycles. The molecule has 11 heavy (non-hydrogen) atoms. The standard InChI is InChI=1S/C6H11NO4/c1-3-5(9)4(8)2-7(3)6(10)11/h3-5,8-9H,2H2,1H3,(H,10,11)/t3-,4?,5?/m1/s1. The van der Waals surface area contributed by atoms with E-state index in [1.54, 1.807) is 6.92 Å². The van der Waals surface area contributed by atoms with Gasteiger partial charge in [0.25, 0.3) is 0 Å². The highest BCUT2D eigenvalue weighted by Crippen LogP contribution is 2.17. The minimum Gasteiger partial charge on any atom is -0.465 e. The fourth-order valence-corrected chi connectivity index (χ4v) is 1.23. The van der Waals surface area contributed by atoms with Crippen molar-refractivity contribution in [3.05, 3.63) is 0 Å². The zero-order valence-electron chi connectivity index (χ0n) is 6.14. The van der Waals surface area contributed by atoms with E-state index in [4.69, 9.17) is 15.3 Å². The Morgan fingerprint density at radius 2 is 2.09 bits per heavy atom. The number of amides is 1. The second-order valence-corrected chi connectivity index (χ2v) is 2.73. The number of hydrogen-bond acceptors (Lipinski definition) is 3. The number of likely N-dealkylation sites (tertiary alicyclic amines) is 1. The summed E-state index contributed by atoms with van der Waals surface area (Å²) in [4.78, 5) is 11.4. The topological polar surface area (TPSA) is 81.0 Å². The molecule has 1 saturated heterocycles. The summed E-state index contributed by atoms with van der Waals surface area (Å²) < 4.78 is 0. The van der Waals surface area contributed by atoms with Gasteiger partial charge >= 0.3 is 6.09 Å². The van der Waals surface area contributed by atoms with E-state index >= 15 is 0 Å². The maximum atomic E-state index is 10.4. The summed E-state index contributed by atoms with van der Waals surface area (Å²) in [6.45, 7) is 1.56. The summed E-state index contributed by atoms with van der Waals surface area (Å²) >= 11 is 0. The van der Waals surface area contributed by atoms with Crippen LogP contribution in [0.1, 0.15) is 6.92 Å². The molecule has 0 aromatic heterocycles. The second kappa shape index (κ2) is 2.67. The first-order chi connectivity index (χ1) is 5.04. The van der Waals surface area contributed by atoms with E-state index in [2.05, 4.69) is 0 Å². The largest absolute Gasteiger partial charge is 0.465 e. The lowest BCUT2D eigenvalue weighted by Gasteiger charge is -2.17. The molecule has 0 aromatic rings. The highest BCUT2D eigenvalue weighted by Gasteiger charge is 2.39. The average molecular weight is 161 g/mol. The van der Waals surface area contributed by atoms with Crippen LogP contribution in [0.5, 0.6) is 0 Å². The molecule has 1 heterocycles. The minimum absolute atomic E-state index is 0.00231. The molecule has 3 N–H and O–H groups in total. The Balaban J connectivity index is 2.67. The van der Waals surface area contributed by atoms with Crippen molar-refractivity contribution < 1.29 is 20.1 Å². The highest BCUT2D eigenvalue weighted by molar-refractivity contribution is 5.66. The number of carbonyl (C=O) groups is 1. The Kier molecular flexibility index (Phi) is 2.01. The van der Waals surface area contributed by atoms with Crippen molar-refractivity contribution in [3.8, 4) is 0 Å². The van der Waals surface area contributed by atoms with Gasteiger partial charge in [-0.1, -0.05) is 0 Å². The first-order valence-electron chi connectivity index (χ1n) is 3.39. The van der Waals surface area contributed by atoms with Gasteiger partial charge in [-0.05, 0) is 6.92 Å². The molecule has 0 aromatic carbocycles. The summed E-state index contributed by atoms with van der Waals surface area (Å²) in [5.41, 5.74) is 0. The van der Waals surface area contributed by atoms with Crippen LogP contribution in [0, 0.1) is 0 Å². The number of rotatable bonds is 0. The van der Waals surface area contributed by atoms with Crippen molar-refractivity contribution in [2.75, 3.05) is 6.54 Å². The molecule has 1 aliphatic rings. The quantitative estimate of drug-likeness (QED) is 0.429. The van der Waals surface area contributed by atoms with Gasteiger partial charge in [-0.25, -0.2) is 4.79 Å². The summed E-state index contributed by atoms with van der Waals surface area (Å²) in [5.74, 6) is 0. The van der Waals surface area contributed by atoms with Crippen LogP contribution in [0.3, 0.4) is 0 Å². The molecular weight excluding hydrogens is 150 g/mol. The van der Waals surface area contributed by atoms with E-state index in [1.807, 2.05) is 0 Å². The smallest absolute Gasteiger partial charge is 0.407 e. The molecule has 2 unspecified atom stereocenters. The Bertz CT molecular complexity index is 172. The number of hydrogen-bond donors (Lipinski definition) is 3. The third-order valence-corrected chi connectivity index (χ3v) is 2.01. The Morgan fingerprint density at radius 3 is 2.27 bits per heavy atom. The molecule has 3 atom stereocenters. The normalized spacial score (nSPS) is 37.7. The van der Waals surface area contributed by atoms with Crippen LogP contribution < -0.4 is 0 Å². The molecular formula is C6H11NO4. The van der Waals surface area contributed by atoms with E-state index in [9.17, 15) is 4.79 Å². The van der Waals surface area contributed by atoms with Crippen molar-refractivity contribution in [2.45, 2.75) is 25.2 Å². The van der Waals surface area contributed by atoms with Crippen molar-refractivity contribution >= 4 is 6.09 Å². The number of carboxylic acid groups (broad SMARTS) is 1. The lowest BCUT2D eigenvalue weighted by atomic mass is 10.2. The third-order valence-electron chi connectivity index (χ3n) is 2.01. The van der Waals surface area contributed by atoms with Crippen LogP contribution in [0.25, 0.3) is 0 Å². The molecule has 1 rings (SSSR count). The fraction of sp³-hybridized carbons (Fsp3) is 0.833. The van der Waals surface area contributed by atoms with Crippen molar-refractivity contribution in [3.63, 3.8) is 0 Å². The van der Waals surface area contributed by atoms with Gasteiger partial charge < -0.3 is 20.2 Å². The molecule has 5 nitrogen and oxygen atoms in total. The first-order valence-corrected chi connectivity index (χ1v) is 3.39. The van der Waals surface area contributed by atoms with Gasteiger partial charge in [0.15, 0.2) is 0 Å². The van der Waals surface area contributed by atoms with E-state index in [0.29, 0.717) is 0 Å². The molecule has 1 fully saturated rings. The lowest BCUT2D eigenvalue weighted by Crippen LogP contribution is -2.36. The van der Waals surface area contributed by atoms with Gasteiger partial charge in [0.1, 0.15) is 6.10 Å². The van der Waals surface area contributed by atoms with Crippen molar-refractivity contribution in [1.29, 1.82) is 0 Å². The predicted octanol–water partition coefficient (Wildman–Crippen LogP) is -0.910. The maximum absolute atomic E-state index is 10.4. The van der Waals surface area contributed by atoms with Crippen LogP contribution in [-0.2, 0) is 0 Å². The molecule has 0 aliphatic carbocycles. The number of β-amino-alcohol motifs (C(OH)–C–C–N with tert-alkyl or cyclic N) is 1. The molecule has 0 spiro atoms. The lowest BCUT2D eigenvalue weighted by molar-refractivity contribution is 0.0415. The SMILES string of the molecule is C[C@@H]1C(O)C(O)CN1C(=O)O. The predicted molar refractivity (Wildman–Crippen MR) is 36.2 cm³/mol. The zero-order valence-corrected chi connectivity index (χ0v) is 6.14. The van der Waals surface area contributed by atoms with Crippen LogP contribution >= 0.6 is 0 Å². The van der Waals surface area contributed by atoms with Crippen LogP contribution in [0.15, 0.2) is 0 Å². The first kappa shape index (κ1) is 8.29. The van der Waals surface area contributed by atoms with Crippen LogP contribution in [-0.4, -0.2) is 51.1 Å².